The number of anilines is 1. The molecule has 0 aromatic carbocycles. The number of fused-ring (bicyclic) bond motifs is 1. The Morgan fingerprint density at radius 2 is 2.29 bits per heavy atom. The maximum atomic E-state index is 12.9. The molecule has 178 valence electrons. The first-order chi connectivity index (χ1) is 16.3. The Kier molecular flexibility index (Phi) is 6.76. The average Bonchev–Trinajstić information content (AvgIpc) is 3.26. The van der Waals surface area contributed by atoms with Crippen molar-refractivity contribution in [2.75, 3.05) is 18.6 Å². The van der Waals surface area contributed by atoms with E-state index in [-0.39, 0.29) is 35.5 Å². The number of aliphatic carboxylic acids is 1. The van der Waals surface area contributed by atoms with Gasteiger partial charge in [-0.25, -0.2) is 4.57 Å². The monoisotopic (exact) mass is 505 g/mol. The van der Waals surface area contributed by atoms with E-state index < -0.39 is 29.2 Å². The molecule has 4 rings (SSSR count). The van der Waals surface area contributed by atoms with Gasteiger partial charge < -0.3 is 30.9 Å². The molecule has 2 aliphatic heterocycles. The summed E-state index contributed by atoms with van der Waals surface area (Å²) in [6.45, 7) is 0.0344. The Morgan fingerprint density at radius 3 is 2.94 bits per heavy atom. The number of aliphatic hydroxyl groups excluding tert-OH is 1. The first-order valence-electron chi connectivity index (χ1n) is 9.82. The van der Waals surface area contributed by atoms with Gasteiger partial charge in [0, 0.05) is 34.5 Å². The number of nitrogens with zero attached hydrogens (tertiary/aromatic N) is 5. The van der Waals surface area contributed by atoms with E-state index in [4.69, 9.17) is 10.6 Å². The first kappa shape index (κ1) is 23.6. The van der Waals surface area contributed by atoms with Gasteiger partial charge in [-0.3, -0.25) is 14.5 Å². The van der Waals surface area contributed by atoms with E-state index >= 15 is 0 Å². The van der Waals surface area contributed by atoms with Crippen LogP contribution in [-0.4, -0.2) is 67.1 Å². The lowest BCUT2D eigenvalue weighted by molar-refractivity contribution is -0.689. The molecule has 2 amide bonds. The third-order valence-corrected chi connectivity index (χ3v) is 6.94. The number of aliphatic hydroxyl groups is 1. The molecule has 2 atom stereocenters. The molecule has 0 aliphatic carbocycles. The zero-order valence-corrected chi connectivity index (χ0v) is 19.3. The number of rotatable bonds is 8. The molecule has 1 unspecified atom stereocenters. The quantitative estimate of drug-likeness (QED) is 0.148. The molecule has 13 nitrogen and oxygen atoms in total. The minimum atomic E-state index is -1.49. The minimum Gasteiger partial charge on any atom is -0.543 e. The van der Waals surface area contributed by atoms with Crippen LogP contribution in [0.5, 0.6) is 0 Å². The fraction of sp³-hybridized carbons (Fsp3) is 0.316. The maximum absolute atomic E-state index is 12.9. The third kappa shape index (κ3) is 4.44. The number of pyridine rings is 1. The number of nitrogens with one attached hydrogen (secondary N) is 1. The van der Waals surface area contributed by atoms with Crippen LogP contribution in [0.15, 0.2) is 41.0 Å². The summed E-state index contributed by atoms with van der Waals surface area (Å²) in [5.74, 6) is -2.61. The zero-order chi connectivity index (χ0) is 24.4. The van der Waals surface area contributed by atoms with Gasteiger partial charge in [-0.1, -0.05) is 5.16 Å². The van der Waals surface area contributed by atoms with Crippen molar-refractivity contribution in [2.24, 2.45) is 5.16 Å². The number of aromatic nitrogens is 3. The SMILES string of the molecule is CON=C(C(=O)NC1C(=O)N2C(C(=O)[O-])=C(C[n+]3cccc(CO)c3)CS[C@@H]12)c1nsc(N)n1. The summed E-state index contributed by atoms with van der Waals surface area (Å²) in [5.41, 5.74) is 6.21. The number of amides is 2. The molecule has 4 N–H and O–H groups in total. The lowest BCUT2D eigenvalue weighted by Crippen LogP contribution is -2.71. The molecule has 1 fully saturated rings. The molecular formula is C19H19N7O6S2. The van der Waals surface area contributed by atoms with Gasteiger partial charge in [0.15, 0.2) is 24.1 Å². The summed E-state index contributed by atoms with van der Waals surface area (Å²) in [5, 5.41) is 26.9. The van der Waals surface area contributed by atoms with Gasteiger partial charge in [0.1, 0.15) is 18.5 Å². The second-order valence-corrected chi connectivity index (χ2v) is 9.11. The Balaban J connectivity index is 1.53. The van der Waals surface area contributed by atoms with Crippen molar-refractivity contribution in [1.29, 1.82) is 0 Å². The van der Waals surface area contributed by atoms with Gasteiger partial charge in [-0.05, 0) is 6.07 Å². The van der Waals surface area contributed by atoms with Crippen molar-refractivity contribution in [2.45, 2.75) is 24.6 Å². The van der Waals surface area contributed by atoms with Crippen molar-refractivity contribution in [3.8, 4) is 0 Å². The summed E-state index contributed by atoms with van der Waals surface area (Å²) in [6.07, 6.45) is 3.42. The number of carboxylic acids is 1. The van der Waals surface area contributed by atoms with E-state index in [0.717, 1.165) is 16.4 Å². The van der Waals surface area contributed by atoms with E-state index in [1.165, 1.54) is 18.9 Å². The van der Waals surface area contributed by atoms with Gasteiger partial charge in [0.2, 0.25) is 11.5 Å². The highest BCUT2D eigenvalue weighted by atomic mass is 32.2. The van der Waals surface area contributed by atoms with Gasteiger partial charge in [-0.2, -0.15) is 9.36 Å². The molecule has 34 heavy (non-hydrogen) atoms. The molecule has 2 aromatic rings. The van der Waals surface area contributed by atoms with Gasteiger partial charge >= 0.3 is 0 Å². The van der Waals surface area contributed by atoms with E-state index in [2.05, 4.69) is 19.8 Å². The molecule has 2 aliphatic rings. The highest BCUT2D eigenvalue weighted by Gasteiger charge is 2.53. The maximum Gasteiger partial charge on any atom is 0.278 e. The number of thioether (sulfide) groups is 1. The Morgan fingerprint density at radius 1 is 1.50 bits per heavy atom. The Labute approximate surface area is 201 Å². The number of β-lactam (4-membered cyclic amide) rings is 1. The van der Waals surface area contributed by atoms with Gasteiger partial charge in [0.25, 0.3) is 11.8 Å². The number of hydrogen-bond donors (Lipinski definition) is 3. The largest absolute Gasteiger partial charge is 0.543 e. The van der Waals surface area contributed by atoms with Crippen LogP contribution in [-0.2, 0) is 32.4 Å². The molecule has 0 radical (unpaired) electrons. The summed E-state index contributed by atoms with van der Waals surface area (Å²) >= 11 is 2.18. The number of nitrogens with two attached hydrogens (primary N) is 1. The fourth-order valence-corrected chi connectivity index (χ4v) is 5.37. The van der Waals surface area contributed by atoms with Crippen LogP contribution in [0.4, 0.5) is 5.13 Å². The van der Waals surface area contributed by atoms with Crippen LogP contribution in [0.2, 0.25) is 0 Å². The average molecular weight is 506 g/mol. The normalized spacial score (nSPS) is 20.0. The van der Waals surface area contributed by atoms with Crippen molar-refractivity contribution < 1.29 is 34.0 Å². The summed E-state index contributed by atoms with van der Waals surface area (Å²) < 4.78 is 5.64. The molecule has 0 saturated carbocycles. The van der Waals surface area contributed by atoms with Crippen LogP contribution in [0, 0.1) is 0 Å². The molecule has 15 heteroatoms. The fourth-order valence-electron chi connectivity index (χ4n) is 3.60. The van der Waals surface area contributed by atoms with Gasteiger partial charge in [0.05, 0.1) is 18.3 Å². The van der Waals surface area contributed by atoms with Crippen LogP contribution >= 0.6 is 23.3 Å². The zero-order valence-electron chi connectivity index (χ0n) is 17.7. The van der Waals surface area contributed by atoms with Crippen molar-refractivity contribution in [1.82, 2.24) is 19.6 Å². The van der Waals surface area contributed by atoms with Crippen molar-refractivity contribution >= 4 is 51.9 Å². The lowest BCUT2D eigenvalue weighted by Gasteiger charge is -2.50. The van der Waals surface area contributed by atoms with E-state index in [0.29, 0.717) is 16.9 Å². The predicted molar refractivity (Wildman–Crippen MR) is 117 cm³/mol. The van der Waals surface area contributed by atoms with Crippen LogP contribution < -0.4 is 20.7 Å². The first-order valence-corrected chi connectivity index (χ1v) is 11.6. The number of carbonyl (C=O) groups excluding carboxylic acids is 3. The van der Waals surface area contributed by atoms with Crippen LogP contribution in [0.25, 0.3) is 0 Å². The number of carboxylic acid groups (broad SMARTS) is 1. The van der Waals surface area contributed by atoms with Gasteiger partial charge in [-0.15, -0.1) is 11.8 Å². The molecule has 4 heterocycles. The third-order valence-electron chi connectivity index (χ3n) is 5.05. The van der Waals surface area contributed by atoms with Crippen molar-refractivity contribution in [3.63, 3.8) is 0 Å². The molecule has 1 saturated heterocycles. The summed E-state index contributed by atoms with van der Waals surface area (Å²) in [7, 11) is 1.24. The topological polar surface area (TPSA) is 187 Å². The predicted octanol–water partition coefficient (Wildman–Crippen LogP) is -2.65. The number of nitrogen functional groups attached to an aromatic ring is 1. The highest BCUT2D eigenvalue weighted by Crippen LogP contribution is 2.40. The van der Waals surface area contributed by atoms with E-state index in [1.54, 1.807) is 29.1 Å². The highest BCUT2D eigenvalue weighted by molar-refractivity contribution is 8.00. The second kappa shape index (κ2) is 9.74. The minimum absolute atomic E-state index is 0.0542. The Bertz CT molecular complexity index is 1210. The molecule has 2 aromatic heterocycles. The van der Waals surface area contributed by atoms with Crippen LogP contribution in [0.1, 0.15) is 11.4 Å². The standard InChI is InChI=1S/C19H19N7O6S2/c1-32-23-11(14-22-19(20)34-24-14)15(28)21-12-16(29)26-13(18(30)31)10(8-33-17(12)26)6-25-4-2-3-9(5-25)7-27/h2-5,12,17,27H,6-8H2,1H3,(H3-,20,21,22,24,28,30,31)/t12?,17-/m0/s1. The molecule has 0 bridgehead atoms. The lowest BCUT2D eigenvalue weighted by atomic mass is 10.0. The summed E-state index contributed by atoms with van der Waals surface area (Å²) in [6, 6.07) is 2.48. The summed E-state index contributed by atoms with van der Waals surface area (Å²) in [4.78, 5) is 47.3. The molecule has 0 spiro atoms. The van der Waals surface area contributed by atoms with Crippen LogP contribution in [0.3, 0.4) is 0 Å². The second-order valence-electron chi connectivity index (χ2n) is 7.22. The Hall–Kier alpha value is -3.56. The molecular weight excluding hydrogens is 486 g/mol. The number of carbonyl (C=O) groups is 3. The van der Waals surface area contributed by atoms with Crippen molar-refractivity contribution in [3.05, 3.63) is 47.2 Å². The number of hydrogen-bond acceptors (Lipinski definition) is 12. The van der Waals surface area contributed by atoms with E-state index in [9.17, 15) is 24.6 Å². The van der Waals surface area contributed by atoms with E-state index in [1.807, 2.05) is 0 Å². The number of oxime groups is 1. The smallest absolute Gasteiger partial charge is 0.278 e.